The van der Waals surface area contributed by atoms with Gasteiger partial charge in [0.15, 0.2) is 0 Å². The van der Waals surface area contributed by atoms with Gasteiger partial charge in [0.1, 0.15) is 0 Å². The fraction of sp³-hybridized carbons (Fsp3) is 0.400. The number of nitrogens with zero attached hydrogens (tertiary/aromatic N) is 3. The summed E-state index contributed by atoms with van der Waals surface area (Å²) in [4.78, 5) is 10.4. The Bertz CT molecular complexity index is 634. The highest BCUT2D eigenvalue weighted by atomic mass is 16.6. The molecule has 1 aliphatic rings. The molecule has 1 heterocycles. The van der Waals surface area contributed by atoms with Crippen molar-refractivity contribution < 1.29 is 4.92 Å². The summed E-state index contributed by atoms with van der Waals surface area (Å²) < 4.78 is 1.69. The monoisotopic (exact) mass is 286 g/mol. The molecule has 1 fully saturated rings. The van der Waals surface area contributed by atoms with Crippen LogP contribution in [0.3, 0.4) is 0 Å². The Labute approximate surface area is 122 Å². The molecule has 2 aromatic rings. The van der Waals surface area contributed by atoms with Gasteiger partial charge in [-0.05, 0) is 43.9 Å². The third-order valence-electron chi connectivity index (χ3n) is 3.59. The second kappa shape index (κ2) is 6.05. The molecular formula is C15H18N4O2. The van der Waals surface area contributed by atoms with E-state index >= 15 is 0 Å². The lowest BCUT2D eigenvalue weighted by Crippen LogP contribution is -2.17. The highest BCUT2D eigenvalue weighted by Crippen LogP contribution is 2.19. The molecule has 3 rings (SSSR count). The summed E-state index contributed by atoms with van der Waals surface area (Å²) in [5, 5.41) is 18.6. The lowest BCUT2D eigenvalue weighted by molar-refractivity contribution is -0.384. The zero-order valence-electron chi connectivity index (χ0n) is 11.7. The standard InChI is InChI=1S/C15H18N4O2/c20-19(21)15-5-1-4-14(9-15)18-11-12(10-17-18)3-2-8-16-13-6-7-13/h1,4-5,9-11,13,16H,2-3,6-8H2. The number of non-ortho nitro benzene ring substituents is 1. The number of nitrogens with one attached hydrogen (secondary N) is 1. The van der Waals surface area contributed by atoms with Crippen LogP contribution < -0.4 is 5.32 Å². The molecule has 6 heteroatoms. The van der Waals surface area contributed by atoms with Crippen LogP contribution in [0, 0.1) is 10.1 Å². The van der Waals surface area contributed by atoms with E-state index in [9.17, 15) is 10.1 Å². The molecule has 0 spiro atoms. The minimum Gasteiger partial charge on any atom is -0.314 e. The molecule has 1 aromatic heterocycles. The lowest BCUT2D eigenvalue weighted by Gasteiger charge is -2.01. The van der Waals surface area contributed by atoms with E-state index < -0.39 is 4.92 Å². The highest BCUT2D eigenvalue weighted by molar-refractivity contribution is 5.42. The van der Waals surface area contributed by atoms with Crippen molar-refractivity contribution in [3.05, 3.63) is 52.3 Å². The van der Waals surface area contributed by atoms with Gasteiger partial charge in [0.05, 0.1) is 16.8 Å². The summed E-state index contributed by atoms with van der Waals surface area (Å²) in [6.07, 6.45) is 8.44. The molecule has 0 amide bonds. The van der Waals surface area contributed by atoms with Crippen LogP contribution in [0.4, 0.5) is 5.69 Å². The average Bonchev–Trinajstić information content (AvgIpc) is 3.20. The molecule has 1 aliphatic carbocycles. The molecule has 0 bridgehead atoms. The predicted molar refractivity (Wildman–Crippen MR) is 79.6 cm³/mol. The van der Waals surface area contributed by atoms with Crippen LogP contribution in [0.15, 0.2) is 36.7 Å². The molecule has 1 saturated carbocycles. The van der Waals surface area contributed by atoms with Gasteiger partial charge in [-0.2, -0.15) is 5.10 Å². The molecule has 21 heavy (non-hydrogen) atoms. The van der Waals surface area contributed by atoms with Crippen molar-refractivity contribution in [3.8, 4) is 5.69 Å². The number of rotatable bonds is 7. The van der Waals surface area contributed by atoms with Crippen LogP contribution >= 0.6 is 0 Å². The molecule has 1 aromatic carbocycles. The van der Waals surface area contributed by atoms with E-state index in [4.69, 9.17) is 0 Å². The lowest BCUT2D eigenvalue weighted by atomic mass is 10.2. The van der Waals surface area contributed by atoms with Gasteiger partial charge in [-0.3, -0.25) is 10.1 Å². The van der Waals surface area contributed by atoms with Crippen LogP contribution in [0.5, 0.6) is 0 Å². The van der Waals surface area contributed by atoms with E-state index in [1.807, 2.05) is 18.5 Å². The maximum Gasteiger partial charge on any atom is 0.271 e. The van der Waals surface area contributed by atoms with Crippen LogP contribution in [-0.2, 0) is 6.42 Å². The highest BCUT2D eigenvalue weighted by Gasteiger charge is 2.19. The van der Waals surface area contributed by atoms with Gasteiger partial charge < -0.3 is 5.32 Å². The predicted octanol–water partition coefficient (Wildman–Crippen LogP) is 2.47. The summed E-state index contributed by atoms with van der Waals surface area (Å²) >= 11 is 0. The van der Waals surface area contributed by atoms with Crippen molar-refractivity contribution in [2.45, 2.75) is 31.7 Å². The summed E-state index contributed by atoms with van der Waals surface area (Å²) in [6.45, 7) is 1.03. The van der Waals surface area contributed by atoms with Crippen LogP contribution in [-0.4, -0.2) is 27.3 Å². The van der Waals surface area contributed by atoms with E-state index in [1.54, 1.807) is 10.7 Å². The summed E-state index contributed by atoms with van der Waals surface area (Å²) in [5.41, 5.74) is 1.95. The largest absolute Gasteiger partial charge is 0.314 e. The third kappa shape index (κ3) is 3.66. The first-order valence-electron chi connectivity index (χ1n) is 7.24. The van der Waals surface area contributed by atoms with Crippen molar-refractivity contribution in [1.29, 1.82) is 0 Å². The Kier molecular flexibility index (Phi) is 3.96. The van der Waals surface area contributed by atoms with E-state index in [-0.39, 0.29) is 5.69 Å². The first kappa shape index (κ1) is 13.8. The van der Waals surface area contributed by atoms with E-state index in [1.165, 1.54) is 25.0 Å². The zero-order valence-corrected chi connectivity index (χ0v) is 11.7. The van der Waals surface area contributed by atoms with Gasteiger partial charge in [-0.25, -0.2) is 4.68 Å². The molecule has 0 saturated heterocycles. The summed E-state index contributed by atoms with van der Waals surface area (Å²) in [5.74, 6) is 0. The Morgan fingerprint density at radius 2 is 2.29 bits per heavy atom. The molecule has 1 N–H and O–H groups in total. The van der Waals surface area contributed by atoms with Crippen LogP contribution in [0.1, 0.15) is 24.8 Å². The molecule has 0 aliphatic heterocycles. The first-order chi connectivity index (χ1) is 10.2. The SMILES string of the molecule is O=[N+]([O-])c1cccc(-n2cc(CCCNC3CC3)cn2)c1. The minimum atomic E-state index is -0.391. The Morgan fingerprint density at radius 1 is 1.43 bits per heavy atom. The van der Waals surface area contributed by atoms with Crippen molar-refractivity contribution in [2.24, 2.45) is 0 Å². The van der Waals surface area contributed by atoms with E-state index in [0.717, 1.165) is 31.0 Å². The molecule has 6 nitrogen and oxygen atoms in total. The maximum atomic E-state index is 10.8. The zero-order chi connectivity index (χ0) is 14.7. The number of nitro groups is 1. The molecule has 0 unspecified atom stereocenters. The number of aromatic nitrogens is 2. The summed E-state index contributed by atoms with van der Waals surface area (Å²) in [6, 6.07) is 7.26. The second-order valence-electron chi connectivity index (χ2n) is 5.40. The Balaban J connectivity index is 1.60. The quantitative estimate of drug-likeness (QED) is 0.482. The molecular weight excluding hydrogens is 268 g/mol. The Morgan fingerprint density at radius 3 is 3.05 bits per heavy atom. The van der Waals surface area contributed by atoms with Crippen molar-refractivity contribution in [3.63, 3.8) is 0 Å². The molecule has 110 valence electrons. The van der Waals surface area contributed by atoms with Gasteiger partial charge in [-0.1, -0.05) is 6.07 Å². The number of benzene rings is 1. The summed E-state index contributed by atoms with van der Waals surface area (Å²) in [7, 11) is 0. The van der Waals surface area contributed by atoms with E-state index in [0.29, 0.717) is 5.69 Å². The van der Waals surface area contributed by atoms with Gasteiger partial charge in [0.2, 0.25) is 0 Å². The van der Waals surface area contributed by atoms with Crippen molar-refractivity contribution in [1.82, 2.24) is 15.1 Å². The third-order valence-corrected chi connectivity index (χ3v) is 3.59. The molecule has 0 atom stereocenters. The second-order valence-corrected chi connectivity index (χ2v) is 5.40. The van der Waals surface area contributed by atoms with Crippen molar-refractivity contribution >= 4 is 5.69 Å². The minimum absolute atomic E-state index is 0.0817. The Hall–Kier alpha value is -2.21. The van der Waals surface area contributed by atoms with Crippen LogP contribution in [0.25, 0.3) is 5.69 Å². The topological polar surface area (TPSA) is 73.0 Å². The number of aryl methyl sites for hydroxylation is 1. The van der Waals surface area contributed by atoms with Gasteiger partial charge in [0.25, 0.3) is 5.69 Å². The van der Waals surface area contributed by atoms with Crippen LogP contribution in [0.2, 0.25) is 0 Å². The average molecular weight is 286 g/mol. The fourth-order valence-corrected chi connectivity index (χ4v) is 2.27. The number of hydrogen-bond acceptors (Lipinski definition) is 4. The first-order valence-corrected chi connectivity index (χ1v) is 7.24. The van der Waals surface area contributed by atoms with Crippen molar-refractivity contribution in [2.75, 3.05) is 6.54 Å². The van der Waals surface area contributed by atoms with E-state index in [2.05, 4.69) is 10.4 Å². The van der Waals surface area contributed by atoms with Gasteiger partial charge in [0, 0.05) is 24.4 Å². The maximum absolute atomic E-state index is 10.8. The number of nitro benzene ring substituents is 1. The molecule has 0 radical (unpaired) electrons. The normalized spacial score (nSPS) is 14.3. The smallest absolute Gasteiger partial charge is 0.271 e. The van der Waals surface area contributed by atoms with Gasteiger partial charge >= 0.3 is 0 Å². The van der Waals surface area contributed by atoms with Gasteiger partial charge in [-0.15, -0.1) is 0 Å². The number of hydrogen-bond donors (Lipinski definition) is 1. The fourth-order valence-electron chi connectivity index (χ4n) is 2.27.